The fraction of sp³-hybridized carbons (Fsp3) is 0.214. The number of benzene rings is 1. The topological polar surface area (TPSA) is 96.5 Å². The number of carboxylic acids is 1. The minimum absolute atomic E-state index is 0.0536. The zero-order valence-electron chi connectivity index (χ0n) is 11.1. The summed E-state index contributed by atoms with van der Waals surface area (Å²) < 4.78 is 0. The van der Waals surface area contributed by atoms with Gasteiger partial charge in [-0.3, -0.25) is 4.79 Å². The molecule has 1 amide bonds. The molecule has 1 aromatic carbocycles. The van der Waals surface area contributed by atoms with Crippen molar-refractivity contribution in [2.24, 2.45) is 0 Å². The van der Waals surface area contributed by atoms with Gasteiger partial charge in [-0.2, -0.15) is 0 Å². The van der Waals surface area contributed by atoms with Crippen LogP contribution < -0.4 is 10.6 Å². The van der Waals surface area contributed by atoms with Gasteiger partial charge in [0.2, 0.25) is 5.91 Å². The highest BCUT2D eigenvalue weighted by Gasteiger charge is 2.25. The average molecular weight is 303 g/mol. The summed E-state index contributed by atoms with van der Waals surface area (Å²) in [6.45, 7) is 0.566. The van der Waals surface area contributed by atoms with Crippen LogP contribution in [0.1, 0.15) is 21.6 Å². The van der Waals surface area contributed by atoms with Crippen molar-refractivity contribution in [2.45, 2.75) is 12.8 Å². The van der Waals surface area contributed by atoms with Crippen LogP contribution in [0.4, 0.5) is 10.8 Å². The first-order valence-corrected chi connectivity index (χ1v) is 7.29. The van der Waals surface area contributed by atoms with Gasteiger partial charge in [0.25, 0.3) is 0 Å². The van der Waals surface area contributed by atoms with Crippen LogP contribution in [0.25, 0.3) is 0 Å². The number of thiazole rings is 1. The minimum atomic E-state index is -0.958. The number of carbonyl (C=O) groups excluding carboxylic acids is 1. The average Bonchev–Trinajstić information content (AvgIpc) is 3.04. The number of hydrogen-bond acceptors (Lipinski definition) is 5. The third-order valence-electron chi connectivity index (χ3n) is 3.42. The van der Waals surface area contributed by atoms with Crippen molar-refractivity contribution in [1.29, 1.82) is 0 Å². The van der Waals surface area contributed by atoms with Gasteiger partial charge in [-0.15, -0.1) is 11.3 Å². The van der Waals surface area contributed by atoms with Crippen LogP contribution in [0.5, 0.6) is 0 Å². The molecule has 1 aliphatic heterocycles. The number of hydrogen-bond donors (Lipinski definition) is 2. The molecule has 0 saturated carbocycles. The number of rotatable bonds is 3. The highest BCUT2D eigenvalue weighted by molar-refractivity contribution is 7.13. The van der Waals surface area contributed by atoms with Crippen molar-refractivity contribution >= 4 is 34.0 Å². The van der Waals surface area contributed by atoms with Crippen molar-refractivity contribution < 1.29 is 14.7 Å². The van der Waals surface area contributed by atoms with Crippen molar-refractivity contribution in [1.82, 2.24) is 4.98 Å². The summed E-state index contributed by atoms with van der Waals surface area (Å²) in [5.41, 5.74) is 8.14. The summed E-state index contributed by atoms with van der Waals surface area (Å²) in [7, 11) is 0. The lowest BCUT2D eigenvalue weighted by atomic mass is 10.1. The zero-order chi connectivity index (χ0) is 15.0. The molecule has 0 unspecified atom stereocenters. The van der Waals surface area contributed by atoms with E-state index in [0.717, 1.165) is 11.3 Å². The highest BCUT2D eigenvalue weighted by atomic mass is 32.1. The molecule has 21 heavy (non-hydrogen) atoms. The van der Waals surface area contributed by atoms with E-state index in [-0.39, 0.29) is 17.9 Å². The highest BCUT2D eigenvalue weighted by Crippen LogP contribution is 2.29. The smallest absolute Gasteiger partial charge is 0.335 e. The van der Waals surface area contributed by atoms with Crippen LogP contribution in [-0.2, 0) is 17.6 Å². The van der Waals surface area contributed by atoms with Crippen LogP contribution >= 0.6 is 11.3 Å². The van der Waals surface area contributed by atoms with Gasteiger partial charge >= 0.3 is 5.97 Å². The second-order valence-corrected chi connectivity index (χ2v) is 5.69. The monoisotopic (exact) mass is 303 g/mol. The first-order valence-electron chi connectivity index (χ1n) is 6.41. The summed E-state index contributed by atoms with van der Waals surface area (Å²) in [4.78, 5) is 29.1. The number of nitrogens with two attached hydrogens (primary N) is 1. The van der Waals surface area contributed by atoms with E-state index in [0.29, 0.717) is 23.8 Å². The molecular weight excluding hydrogens is 290 g/mol. The number of anilines is 2. The molecule has 7 heteroatoms. The van der Waals surface area contributed by atoms with E-state index in [9.17, 15) is 9.59 Å². The Morgan fingerprint density at radius 3 is 2.90 bits per heavy atom. The Kier molecular flexibility index (Phi) is 3.34. The van der Waals surface area contributed by atoms with E-state index in [4.69, 9.17) is 10.8 Å². The molecule has 0 bridgehead atoms. The number of aromatic carboxylic acids is 1. The van der Waals surface area contributed by atoms with Gasteiger partial charge < -0.3 is 15.7 Å². The third kappa shape index (κ3) is 2.59. The second kappa shape index (κ2) is 5.17. The molecule has 1 aromatic heterocycles. The first-order chi connectivity index (χ1) is 10.0. The summed E-state index contributed by atoms with van der Waals surface area (Å²) in [5.74, 6) is -1.01. The SMILES string of the molecule is Nc1nc(CC(=O)N2CCc3cc(C(=O)O)ccc32)cs1. The van der Waals surface area contributed by atoms with E-state index in [1.807, 2.05) is 0 Å². The standard InChI is InChI=1S/C14H13N3O3S/c15-14-16-10(7-21-14)6-12(18)17-4-3-8-5-9(13(19)20)1-2-11(8)17/h1-2,5,7H,3-4,6H2,(H2,15,16)(H,19,20). The Morgan fingerprint density at radius 2 is 2.24 bits per heavy atom. The number of nitrogens with zero attached hydrogens (tertiary/aromatic N) is 2. The Morgan fingerprint density at radius 1 is 1.43 bits per heavy atom. The normalized spacial score (nSPS) is 13.2. The molecule has 2 heterocycles. The Hall–Kier alpha value is -2.41. The van der Waals surface area contributed by atoms with Crippen molar-refractivity contribution in [3.05, 3.63) is 40.4 Å². The number of fused-ring (bicyclic) bond motifs is 1. The number of carbonyl (C=O) groups is 2. The lowest BCUT2D eigenvalue weighted by Gasteiger charge is -2.16. The van der Waals surface area contributed by atoms with Crippen molar-refractivity contribution in [3.8, 4) is 0 Å². The largest absolute Gasteiger partial charge is 0.478 e. The van der Waals surface area contributed by atoms with Crippen molar-refractivity contribution in [2.75, 3.05) is 17.2 Å². The van der Waals surface area contributed by atoms with Crippen LogP contribution in [0.3, 0.4) is 0 Å². The Labute approximate surface area is 124 Å². The van der Waals surface area contributed by atoms with Gasteiger partial charge in [0.1, 0.15) is 0 Å². The molecule has 3 rings (SSSR count). The summed E-state index contributed by atoms with van der Waals surface area (Å²) in [6, 6.07) is 4.85. The molecule has 0 saturated heterocycles. The second-order valence-electron chi connectivity index (χ2n) is 4.80. The van der Waals surface area contributed by atoms with Gasteiger partial charge in [0.15, 0.2) is 5.13 Å². The van der Waals surface area contributed by atoms with Crippen LogP contribution in [0.2, 0.25) is 0 Å². The quantitative estimate of drug-likeness (QED) is 0.897. The fourth-order valence-electron chi connectivity index (χ4n) is 2.45. The van der Waals surface area contributed by atoms with Gasteiger partial charge in [-0.25, -0.2) is 9.78 Å². The summed E-state index contributed by atoms with van der Waals surface area (Å²) in [6.07, 6.45) is 0.870. The fourth-order valence-corrected chi connectivity index (χ4v) is 3.01. The lowest BCUT2D eigenvalue weighted by molar-refractivity contribution is -0.117. The van der Waals surface area contributed by atoms with Gasteiger partial charge in [0, 0.05) is 17.6 Å². The van der Waals surface area contributed by atoms with Gasteiger partial charge in [0.05, 0.1) is 17.7 Å². The van der Waals surface area contributed by atoms with E-state index in [1.165, 1.54) is 17.4 Å². The van der Waals surface area contributed by atoms with E-state index >= 15 is 0 Å². The summed E-state index contributed by atoms with van der Waals surface area (Å²) >= 11 is 1.31. The molecule has 108 valence electrons. The molecule has 0 aliphatic carbocycles. The summed E-state index contributed by atoms with van der Waals surface area (Å²) in [5, 5.41) is 11.2. The lowest BCUT2D eigenvalue weighted by Crippen LogP contribution is -2.30. The molecule has 6 nitrogen and oxygen atoms in total. The van der Waals surface area contributed by atoms with Crippen LogP contribution in [-0.4, -0.2) is 28.5 Å². The minimum Gasteiger partial charge on any atom is -0.478 e. The molecule has 3 N–H and O–H groups in total. The van der Waals surface area contributed by atoms with Gasteiger partial charge in [-0.1, -0.05) is 0 Å². The van der Waals surface area contributed by atoms with Crippen LogP contribution in [0.15, 0.2) is 23.6 Å². The maximum Gasteiger partial charge on any atom is 0.335 e. The zero-order valence-corrected chi connectivity index (χ0v) is 11.9. The molecule has 0 radical (unpaired) electrons. The molecular formula is C14H13N3O3S. The number of aromatic nitrogens is 1. The maximum atomic E-state index is 12.3. The first kappa shape index (κ1) is 13.6. The van der Waals surface area contributed by atoms with E-state index in [2.05, 4.69) is 4.98 Å². The predicted molar refractivity (Wildman–Crippen MR) is 79.7 cm³/mol. The predicted octanol–water partition coefficient (Wildman–Crippen LogP) is 1.56. The third-order valence-corrected chi connectivity index (χ3v) is 4.15. The van der Waals surface area contributed by atoms with E-state index in [1.54, 1.807) is 22.4 Å². The van der Waals surface area contributed by atoms with Crippen molar-refractivity contribution in [3.63, 3.8) is 0 Å². The van der Waals surface area contributed by atoms with E-state index < -0.39 is 5.97 Å². The maximum absolute atomic E-state index is 12.3. The number of nitrogen functional groups attached to an aromatic ring is 1. The Bertz CT molecular complexity index is 726. The number of amides is 1. The molecule has 2 aromatic rings. The molecule has 1 aliphatic rings. The Balaban J connectivity index is 1.80. The molecule has 0 atom stereocenters. The number of carboxylic acid groups (broad SMARTS) is 1. The molecule has 0 spiro atoms. The van der Waals surface area contributed by atoms with Gasteiger partial charge in [-0.05, 0) is 30.2 Å². The molecule has 0 fully saturated rings. The van der Waals surface area contributed by atoms with Crippen LogP contribution in [0, 0.1) is 0 Å².